The van der Waals surface area contributed by atoms with Crippen LogP contribution in [-0.4, -0.2) is 12.2 Å². The molecule has 1 rings (SSSR count). The molecule has 0 N–H and O–H groups in total. The maximum absolute atomic E-state index is 13.8. The lowest BCUT2D eigenvalue weighted by Crippen LogP contribution is -2.20. The van der Waals surface area contributed by atoms with Crippen molar-refractivity contribution in [2.75, 3.05) is 0 Å². The van der Waals surface area contributed by atoms with Gasteiger partial charge in [0.1, 0.15) is 5.66 Å². The highest BCUT2D eigenvalue weighted by molar-refractivity contribution is 9.10. The summed E-state index contributed by atoms with van der Waals surface area (Å²) in [5.41, 5.74) is -0.389. The molecule has 0 spiro atoms. The minimum Gasteiger partial charge on any atom is -0.305 e. The van der Waals surface area contributed by atoms with Gasteiger partial charge >= 0.3 is 7.60 Å². The average molecular weight is 427 g/mol. The Bertz CT molecular complexity index is 668. The summed E-state index contributed by atoms with van der Waals surface area (Å²) in [6.45, 7) is 7.44. The van der Waals surface area contributed by atoms with Crippen LogP contribution in [0.4, 0.5) is 0 Å². The van der Waals surface area contributed by atoms with Gasteiger partial charge in [-0.1, -0.05) is 41.9 Å². The fraction of sp³-hybridized carbons (Fsp3) is 0.556. The molecule has 0 saturated carbocycles. The first-order valence-electron chi connectivity index (χ1n) is 8.32. The molecule has 0 saturated heterocycles. The van der Waals surface area contributed by atoms with Gasteiger partial charge in [-0.25, -0.2) is 0 Å². The first-order valence-corrected chi connectivity index (χ1v) is 10.7. The van der Waals surface area contributed by atoms with E-state index in [2.05, 4.69) is 15.9 Å². The van der Waals surface area contributed by atoms with Crippen molar-refractivity contribution in [2.24, 2.45) is 5.92 Å². The summed E-state index contributed by atoms with van der Waals surface area (Å²) in [5.74, 6) is -1.15. The molecule has 1 aromatic carbocycles. The zero-order valence-corrected chi connectivity index (χ0v) is 17.5. The van der Waals surface area contributed by atoms with Crippen molar-refractivity contribution in [3.63, 3.8) is 0 Å². The van der Waals surface area contributed by atoms with Gasteiger partial charge in [0.15, 0.2) is 5.92 Å². The molecule has 0 aliphatic rings. The van der Waals surface area contributed by atoms with Gasteiger partial charge < -0.3 is 9.05 Å². The Morgan fingerprint density at radius 3 is 2.04 bits per heavy atom. The van der Waals surface area contributed by atoms with E-state index in [1.165, 1.54) is 0 Å². The van der Waals surface area contributed by atoms with Crippen LogP contribution < -0.4 is 0 Å². The topological polar surface area (TPSA) is 83.1 Å². The third kappa shape index (κ3) is 5.94. The Morgan fingerprint density at radius 2 is 1.64 bits per heavy atom. The van der Waals surface area contributed by atoms with E-state index in [4.69, 9.17) is 9.05 Å². The minimum atomic E-state index is -3.77. The Morgan fingerprint density at radius 1 is 1.12 bits per heavy atom. The molecule has 0 radical (unpaired) electrons. The third-order valence-corrected chi connectivity index (χ3v) is 7.01. The molecular formula is C18H24BrN2O3P. The molecule has 5 nitrogen and oxygen atoms in total. The molecule has 0 fully saturated rings. The Balaban J connectivity index is 3.49. The van der Waals surface area contributed by atoms with Crippen molar-refractivity contribution < 1.29 is 13.6 Å². The van der Waals surface area contributed by atoms with E-state index in [1.54, 1.807) is 32.0 Å². The quantitative estimate of drug-likeness (QED) is 0.453. The predicted molar refractivity (Wildman–Crippen MR) is 101 cm³/mol. The van der Waals surface area contributed by atoms with Crippen molar-refractivity contribution in [2.45, 2.75) is 58.4 Å². The Kier molecular flexibility index (Phi) is 8.83. The van der Waals surface area contributed by atoms with Gasteiger partial charge in [0.2, 0.25) is 0 Å². The smallest absolute Gasteiger partial charge is 0.305 e. The number of hydrogen-bond donors (Lipinski definition) is 0. The fourth-order valence-electron chi connectivity index (χ4n) is 2.22. The van der Waals surface area contributed by atoms with Crippen molar-refractivity contribution in [1.29, 1.82) is 10.5 Å². The molecular weight excluding hydrogens is 403 g/mol. The van der Waals surface area contributed by atoms with Crippen LogP contribution in [0, 0.1) is 28.6 Å². The summed E-state index contributed by atoms with van der Waals surface area (Å²) >= 11 is 3.38. The molecule has 25 heavy (non-hydrogen) atoms. The van der Waals surface area contributed by atoms with Gasteiger partial charge in [-0.15, -0.1) is 0 Å². The average Bonchev–Trinajstić information content (AvgIpc) is 2.58. The first-order chi connectivity index (χ1) is 11.8. The largest absolute Gasteiger partial charge is 0.341 e. The molecule has 0 amide bonds. The molecule has 136 valence electrons. The summed E-state index contributed by atoms with van der Waals surface area (Å²) in [6, 6.07) is 11.0. The van der Waals surface area contributed by atoms with Crippen LogP contribution in [-0.2, 0) is 13.6 Å². The molecule has 1 aromatic rings. The normalized spacial score (nSPS) is 17.1. The van der Waals surface area contributed by atoms with Crippen LogP contribution in [0.1, 0.15) is 51.8 Å². The van der Waals surface area contributed by atoms with E-state index >= 15 is 0 Å². The lowest BCUT2D eigenvalue weighted by Gasteiger charge is -2.31. The van der Waals surface area contributed by atoms with E-state index in [9.17, 15) is 15.1 Å². The lowest BCUT2D eigenvalue weighted by molar-refractivity contribution is 0.117. The zero-order valence-electron chi connectivity index (χ0n) is 15.0. The monoisotopic (exact) mass is 426 g/mol. The maximum Gasteiger partial charge on any atom is 0.341 e. The van der Waals surface area contributed by atoms with Crippen molar-refractivity contribution in [3.8, 4) is 12.1 Å². The lowest BCUT2D eigenvalue weighted by atomic mass is 10.0. The highest BCUT2D eigenvalue weighted by atomic mass is 79.9. The van der Waals surface area contributed by atoms with E-state index in [1.807, 2.05) is 32.1 Å². The summed E-state index contributed by atoms with van der Waals surface area (Å²) in [7, 11) is -3.77. The number of hydrogen-bond acceptors (Lipinski definition) is 5. The van der Waals surface area contributed by atoms with Crippen LogP contribution in [0.5, 0.6) is 0 Å². The second-order valence-corrected chi connectivity index (χ2v) is 8.90. The number of nitrogens with zero attached hydrogens (tertiary/aromatic N) is 2. The summed E-state index contributed by atoms with van der Waals surface area (Å²) < 4.78 is 26.2. The zero-order chi connectivity index (χ0) is 19.0. The van der Waals surface area contributed by atoms with E-state index in [-0.39, 0.29) is 12.2 Å². The van der Waals surface area contributed by atoms with Crippen LogP contribution in [0.3, 0.4) is 0 Å². The SMILES string of the molecule is CCC(C)OP(=O)(OC(C)CC)C(c1cccc(Br)c1)C(C#N)C#N. The minimum absolute atomic E-state index is 0.317. The second-order valence-electron chi connectivity index (χ2n) is 5.92. The van der Waals surface area contributed by atoms with Gasteiger partial charge in [-0.3, -0.25) is 4.57 Å². The Labute approximate surface area is 158 Å². The predicted octanol–water partition coefficient (Wildman–Crippen LogP) is 5.98. The summed E-state index contributed by atoms with van der Waals surface area (Å²) in [6.07, 6.45) is 0.649. The highest BCUT2D eigenvalue weighted by Gasteiger charge is 2.45. The Hall–Kier alpha value is -1.17. The van der Waals surface area contributed by atoms with Gasteiger partial charge in [-0.05, 0) is 44.4 Å². The van der Waals surface area contributed by atoms with Gasteiger partial charge in [-0.2, -0.15) is 10.5 Å². The van der Waals surface area contributed by atoms with Crippen LogP contribution in [0.25, 0.3) is 0 Å². The van der Waals surface area contributed by atoms with Gasteiger partial charge in [0.05, 0.1) is 24.3 Å². The van der Waals surface area contributed by atoms with Crippen molar-refractivity contribution in [1.82, 2.24) is 0 Å². The van der Waals surface area contributed by atoms with Crippen molar-refractivity contribution in [3.05, 3.63) is 34.3 Å². The molecule has 0 aliphatic heterocycles. The summed E-state index contributed by atoms with van der Waals surface area (Å²) in [4.78, 5) is 0. The second kappa shape index (κ2) is 10.1. The number of rotatable bonds is 9. The standard InChI is InChI=1S/C18H24BrN2O3P/c1-5-13(3)23-25(22,24-14(4)6-2)18(16(11-20)12-21)15-8-7-9-17(19)10-15/h7-10,13-14,16,18H,5-6H2,1-4H3. The first kappa shape index (κ1) is 21.9. The summed E-state index contributed by atoms with van der Waals surface area (Å²) in [5, 5.41) is 18.9. The van der Waals surface area contributed by atoms with Crippen LogP contribution in [0.2, 0.25) is 0 Å². The maximum atomic E-state index is 13.8. The van der Waals surface area contributed by atoms with Crippen LogP contribution >= 0.6 is 23.5 Å². The fourth-order valence-corrected chi connectivity index (χ4v) is 5.28. The number of halogens is 1. The third-order valence-electron chi connectivity index (χ3n) is 3.93. The number of nitriles is 2. The molecule has 0 bridgehead atoms. The van der Waals surface area contributed by atoms with Gasteiger partial charge in [0.25, 0.3) is 0 Å². The van der Waals surface area contributed by atoms with Crippen LogP contribution in [0.15, 0.2) is 28.7 Å². The van der Waals surface area contributed by atoms with E-state index in [0.29, 0.717) is 18.4 Å². The van der Waals surface area contributed by atoms with Crippen molar-refractivity contribution >= 4 is 23.5 Å². The molecule has 0 heterocycles. The molecule has 3 unspecified atom stereocenters. The highest BCUT2D eigenvalue weighted by Crippen LogP contribution is 2.65. The molecule has 3 atom stereocenters. The molecule has 0 aromatic heterocycles. The van der Waals surface area contributed by atoms with Gasteiger partial charge in [0, 0.05) is 4.47 Å². The number of benzene rings is 1. The molecule has 0 aliphatic carbocycles. The van der Waals surface area contributed by atoms with E-state index < -0.39 is 19.2 Å². The van der Waals surface area contributed by atoms with E-state index in [0.717, 1.165) is 4.47 Å². The molecule has 7 heteroatoms.